The van der Waals surface area contributed by atoms with Crippen LogP contribution in [0.4, 0.5) is 0 Å². The molecule has 1 fully saturated rings. The monoisotopic (exact) mass is 484 g/mol. The third-order valence-electron chi connectivity index (χ3n) is 6.46. The number of amides is 1. The first-order valence-corrected chi connectivity index (χ1v) is 12.2. The molecule has 0 bridgehead atoms. The minimum absolute atomic E-state index is 0.0502. The standard InChI is InChI=1S/C29H28N2O5/c1-3-13-35-23-6-4-5-20(16-23)26-25(27(32)21-7-8-24-22(15-21)14-18(2)36-24)28(33)29(34)31(26)17-19-9-11-30-12-10-19/h4-12,15-16,18,26,32H,3,13-14,17H2,1-2H3/b27-25+/t18-,26-/m1/s1. The van der Waals surface area contributed by atoms with Gasteiger partial charge in [-0.05, 0) is 72.5 Å². The van der Waals surface area contributed by atoms with Gasteiger partial charge in [-0.3, -0.25) is 14.6 Å². The van der Waals surface area contributed by atoms with Crippen molar-refractivity contribution < 1.29 is 24.2 Å². The second kappa shape index (κ2) is 9.85. The number of fused-ring (bicyclic) bond motifs is 1. The molecule has 0 spiro atoms. The summed E-state index contributed by atoms with van der Waals surface area (Å²) in [5.41, 5.74) is 3.03. The average molecular weight is 485 g/mol. The molecule has 2 atom stereocenters. The van der Waals surface area contributed by atoms with Crippen LogP contribution in [0.1, 0.15) is 48.6 Å². The van der Waals surface area contributed by atoms with Crippen molar-refractivity contribution in [1.82, 2.24) is 9.88 Å². The number of nitrogens with zero attached hydrogens (tertiary/aromatic N) is 2. The summed E-state index contributed by atoms with van der Waals surface area (Å²) < 4.78 is 11.6. The van der Waals surface area contributed by atoms with E-state index in [0.29, 0.717) is 29.9 Å². The highest BCUT2D eigenvalue weighted by atomic mass is 16.5. The SMILES string of the molecule is CCCOc1cccc([C@@H]2/C(=C(\O)c3ccc4c(c3)C[C@@H](C)O4)C(=O)C(=O)N2Cc2ccncc2)c1. The third kappa shape index (κ3) is 4.44. The van der Waals surface area contributed by atoms with Gasteiger partial charge in [-0.15, -0.1) is 0 Å². The lowest BCUT2D eigenvalue weighted by Crippen LogP contribution is -2.29. The van der Waals surface area contributed by atoms with Gasteiger partial charge in [0.05, 0.1) is 18.2 Å². The summed E-state index contributed by atoms with van der Waals surface area (Å²) in [6.45, 7) is 4.76. The van der Waals surface area contributed by atoms with Crippen molar-refractivity contribution in [3.05, 3.63) is 94.8 Å². The molecule has 0 saturated carbocycles. The number of ether oxygens (including phenoxy) is 2. The van der Waals surface area contributed by atoms with Gasteiger partial charge in [0, 0.05) is 30.9 Å². The summed E-state index contributed by atoms with van der Waals surface area (Å²) in [4.78, 5) is 32.2. The van der Waals surface area contributed by atoms with E-state index in [1.165, 1.54) is 4.90 Å². The van der Waals surface area contributed by atoms with Crippen molar-refractivity contribution in [3.8, 4) is 11.5 Å². The highest BCUT2D eigenvalue weighted by Gasteiger charge is 2.46. The molecule has 7 heteroatoms. The fourth-order valence-electron chi connectivity index (χ4n) is 4.79. The maximum Gasteiger partial charge on any atom is 0.295 e. The van der Waals surface area contributed by atoms with E-state index in [0.717, 1.165) is 23.3 Å². The van der Waals surface area contributed by atoms with Crippen LogP contribution in [0.2, 0.25) is 0 Å². The first-order chi connectivity index (χ1) is 17.5. The molecule has 2 aliphatic rings. The molecule has 0 radical (unpaired) electrons. The molecule has 1 aromatic heterocycles. The predicted molar refractivity (Wildman–Crippen MR) is 135 cm³/mol. The normalized spacial score (nSPS) is 20.3. The number of hydrogen-bond donors (Lipinski definition) is 1. The Bertz CT molecular complexity index is 1330. The zero-order chi connectivity index (χ0) is 25.2. The molecule has 1 amide bonds. The summed E-state index contributed by atoms with van der Waals surface area (Å²) in [6.07, 6.45) is 4.91. The fraction of sp³-hybridized carbons (Fsp3) is 0.276. The first kappa shape index (κ1) is 23.6. The molecule has 3 heterocycles. The zero-order valence-electron chi connectivity index (χ0n) is 20.3. The van der Waals surface area contributed by atoms with E-state index in [1.54, 1.807) is 36.7 Å². The number of carbonyl (C=O) groups is 2. The van der Waals surface area contributed by atoms with Gasteiger partial charge in [0.25, 0.3) is 11.7 Å². The zero-order valence-corrected chi connectivity index (χ0v) is 20.3. The lowest BCUT2D eigenvalue weighted by atomic mass is 9.94. The molecule has 1 saturated heterocycles. The van der Waals surface area contributed by atoms with Crippen molar-refractivity contribution >= 4 is 17.4 Å². The van der Waals surface area contributed by atoms with Gasteiger partial charge < -0.3 is 19.5 Å². The van der Waals surface area contributed by atoms with Gasteiger partial charge in [-0.1, -0.05) is 19.1 Å². The Balaban J connectivity index is 1.61. The molecule has 2 aromatic carbocycles. The summed E-state index contributed by atoms with van der Waals surface area (Å²) in [5, 5.41) is 11.4. The van der Waals surface area contributed by atoms with Crippen molar-refractivity contribution in [2.45, 2.75) is 45.4 Å². The van der Waals surface area contributed by atoms with Gasteiger partial charge in [0.2, 0.25) is 0 Å². The Labute approximate surface area is 210 Å². The number of pyridine rings is 1. The van der Waals surface area contributed by atoms with E-state index in [9.17, 15) is 14.7 Å². The molecule has 0 unspecified atom stereocenters. The molecule has 7 nitrogen and oxygen atoms in total. The van der Waals surface area contributed by atoms with Crippen LogP contribution in [0, 0.1) is 0 Å². The van der Waals surface area contributed by atoms with Crippen LogP contribution in [-0.2, 0) is 22.6 Å². The van der Waals surface area contributed by atoms with Gasteiger partial charge in [0.1, 0.15) is 23.4 Å². The van der Waals surface area contributed by atoms with Crippen LogP contribution >= 0.6 is 0 Å². The number of Topliss-reactive ketones (excluding diaryl/α,β-unsaturated/α-hetero) is 1. The quantitative estimate of drug-likeness (QED) is 0.294. The number of rotatable bonds is 7. The Hall–Kier alpha value is -4.13. The summed E-state index contributed by atoms with van der Waals surface area (Å²) in [7, 11) is 0. The number of carbonyl (C=O) groups excluding carboxylic acids is 2. The summed E-state index contributed by atoms with van der Waals surface area (Å²) >= 11 is 0. The molecule has 1 N–H and O–H groups in total. The number of aliphatic hydroxyl groups is 1. The van der Waals surface area contributed by atoms with E-state index in [4.69, 9.17) is 9.47 Å². The number of aliphatic hydroxyl groups excluding tert-OH is 1. The van der Waals surface area contributed by atoms with Crippen molar-refractivity contribution in [1.29, 1.82) is 0 Å². The Kier molecular flexibility index (Phi) is 6.46. The molecule has 3 aromatic rings. The highest BCUT2D eigenvalue weighted by molar-refractivity contribution is 6.46. The maximum atomic E-state index is 13.4. The molecular weight excluding hydrogens is 456 g/mol. The minimum Gasteiger partial charge on any atom is -0.507 e. The summed E-state index contributed by atoms with van der Waals surface area (Å²) in [6, 6.07) is 15.6. The molecule has 0 aliphatic carbocycles. The Morgan fingerprint density at radius 2 is 1.94 bits per heavy atom. The van der Waals surface area contributed by atoms with Gasteiger partial charge >= 0.3 is 0 Å². The van der Waals surface area contributed by atoms with Gasteiger partial charge in [0.15, 0.2) is 0 Å². The Morgan fingerprint density at radius 3 is 2.72 bits per heavy atom. The number of likely N-dealkylation sites (tertiary alicyclic amines) is 1. The van der Waals surface area contributed by atoms with Crippen LogP contribution in [0.25, 0.3) is 5.76 Å². The van der Waals surface area contributed by atoms with E-state index < -0.39 is 17.7 Å². The molecule has 184 valence electrons. The van der Waals surface area contributed by atoms with Crippen LogP contribution < -0.4 is 9.47 Å². The third-order valence-corrected chi connectivity index (χ3v) is 6.46. The number of aromatic nitrogens is 1. The number of hydrogen-bond acceptors (Lipinski definition) is 6. The average Bonchev–Trinajstić information content (AvgIpc) is 3.39. The van der Waals surface area contributed by atoms with E-state index >= 15 is 0 Å². The van der Waals surface area contributed by atoms with Gasteiger partial charge in [-0.25, -0.2) is 0 Å². The smallest absolute Gasteiger partial charge is 0.295 e. The fourth-order valence-corrected chi connectivity index (χ4v) is 4.79. The lowest BCUT2D eigenvalue weighted by Gasteiger charge is -2.26. The van der Waals surface area contributed by atoms with Crippen LogP contribution in [0.15, 0.2) is 72.6 Å². The number of benzene rings is 2. The molecule has 2 aliphatic heterocycles. The molecule has 36 heavy (non-hydrogen) atoms. The predicted octanol–water partition coefficient (Wildman–Crippen LogP) is 4.82. The van der Waals surface area contributed by atoms with E-state index in [-0.39, 0.29) is 24.0 Å². The number of ketones is 1. The Morgan fingerprint density at radius 1 is 1.14 bits per heavy atom. The topological polar surface area (TPSA) is 89.0 Å². The minimum atomic E-state index is -0.772. The van der Waals surface area contributed by atoms with Crippen molar-refractivity contribution in [2.24, 2.45) is 0 Å². The van der Waals surface area contributed by atoms with Gasteiger partial charge in [-0.2, -0.15) is 0 Å². The molecular formula is C29H28N2O5. The van der Waals surface area contributed by atoms with Crippen LogP contribution in [-0.4, -0.2) is 39.4 Å². The van der Waals surface area contributed by atoms with Crippen molar-refractivity contribution in [2.75, 3.05) is 6.61 Å². The second-order valence-electron chi connectivity index (χ2n) is 9.16. The lowest BCUT2D eigenvalue weighted by molar-refractivity contribution is -0.140. The van der Waals surface area contributed by atoms with E-state index in [1.807, 2.05) is 44.2 Å². The highest BCUT2D eigenvalue weighted by Crippen LogP contribution is 2.42. The summed E-state index contributed by atoms with van der Waals surface area (Å²) in [5.74, 6) is -0.146. The van der Waals surface area contributed by atoms with Crippen molar-refractivity contribution in [3.63, 3.8) is 0 Å². The molecule has 5 rings (SSSR count). The second-order valence-corrected chi connectivity index (χ2v) is 9.16. The van der Waals surface area contributed by atoms with E-state index in [2.05, 4.69) is 4.98 Å². The van der Waals surface area contributed by atoms with Crippen LogP contribution in [0.3, 0.4) is 0 Å². The largest absolute Gasteiger partial charge is 0.507 e. The maximum absolute atomic E-state index is 13.4. The van der Waals surface area contributed by atoms with Crippen LogP contribution in [0.5, 0.6) is 11.5 Å². The first-order valence-electron chi connectivity index (χ1n) is 12.2.